The lowest BCUT2D eigenvalue weighted by molar-refractivity contribution is -0.119. The summed E-state index contributed by atoms with van der Waals surface area (Å²) in [4.78, 5) is 12.7. The maximum atomic E-state index is 13.3. The molecule has 0 unspecified atom stereocenters. The zero-order chi connectivity index (χ0) is 23.4. The minimum absolute atomic E-state index is 0.0468. The maximum Gasteiger partial charge on any atom is 0.264 e. The summed E-state index contributed by atoms with van der Waals surface area (Å²) >= 11 is 9.47. The van der Waals surface area contributed by atoms with Crippen molar-refractivity contribution in [1.82, 2.24) is 5.43 Å². The minimum Gasteiger partial charge on any atom is -0.454 e. The first-order chi connectivity index (χ1) is 15.8. The van der Waals surface area contributed by atoms with Crippen LogP contribution >= 0.6 is 27.5 Å². The maximum absolute atomic E-state index is 13.3. The van der Waals surface area contributed by atoms with Gasteiger partial charge in [0.15, 0.2) is 11.5 Å². The van der Waals surface area contributed by atoms with Crippen molar-refractivity contribution < 1.29 is 22.7 Å². The monoisotopic (exact) mass is 549 g/mol. The number of carbonyl (C=O) groups excluding carboxylic acids is 1. The topological polar surface area (TPSA) is 97.3 Å². The number of fused-ring (bicyclic) bond motifs is 1. The Labute approximate surface area is 203 Å². The highest BCUT2D eigenvalue weighted by molar-refractivity contribution is 9.10. The molecular formula is C22H17BrClN3O5S. The third-order valence-electron chi connectivity index (χ3n) is 4.60. The van der Waals surface area contributed by atoms with Crippen molar-refractivity contribution in [2.75, 3.05) is 17.6 Å². The molecule has 1 amide bonds. The molecule has 8 nitrogen and oxygen atoms in total. The molecule has 1 aliphatic heterocycles. The van der Waals surface area contributed by atoms with Crippen molar-refractivity contribution in [3.05, 3.63) is 81.8 Å². The number of sulfonamides is 1. The number of hydrogen-bond acceptors (Lipinski definition) is 6. The highest BCUT2D eigenvalue weighted by Crippen LogP contribution is 2.36. The van der Waals surface area contributed by atoms with Gasteiger partial charge >= 0.3 is 0 Å². The average Bonchev–Trinajstić information content (AvgIpc) is 3.25. The molecule has 170 valence electrons. The normalized spacial score (nSPS) is 12.7. The van der Waals surface area contributed by atoms with Crippen LogP contribution in [0.25, 0.3) is 0 Å². The molecule has 11 heteroatoms. The number of anilines is 1. The van der Waals surface area contributed by atoms with E-state index in [9.17, 15) is 13.2 Å². The summed E-state index contributed by atoms with van der Waals surface area (Å²) < 4.78 is 38.8. The van der Waals surface area contributed by atoms with E-state index in [4.69, 9.17) is 21.1 Å². The van der Waals surface area contributed by atoms with Crippen molar-refractivity contribution >= 4 is 55.4 Å². The van der Waals surface area contributed by atoms with Crippen molar-refractivity contribution in [3.63, 3.8) is 0 Å². The molecule has 0 atom stereocenters. The summed E-state index contributed by atoms with van der Waals surface area (Å²) in [6, 6.07) is 17.5. The molecule has 0 bridgehead atoms. The molecule has 0 aliphatic carbocycles. The largest absolute Gasteiger partial charge is 0.454 e. The molecule has 1 aliphatic rings. The van der Waals surface area contributed by atoms with E-state index >= 15 is 0 Å². The summed E-state index contributed by atoms with van der Waals surface area (Å²) in [5.74, 6) is 0.529. The van der Waals surface area contributed by atoms with Gasteiger partial charge in [0.25, 0.3) is 15.9 Å². The lowest BCUT2D eigenvalue weighted by atomic mass is 10.2. The number of halogens is 2. The van der Waals surface area contributed by atoms with Gasteiger partial charge in [-0.2, -0.15) is 5.10 Å². The van der Waals surface area contributed by atoms with E-state index in [0.29, 0.717) is 26.6 Å². The number of amides is 1. The molecule has 0 spiro atoms. The first kappa shape index (κ1) is 23.1. The second-order valence-electron chi connectivity index (χ2n) is 6.82. The second-order valence-corrected chi connectivity index (χ2v) is 9.98. The highest BCUT2D eigenvalue weighted by Gasteiger charge is 2.27. The Hall–Kier alpha value is -3.08. The fraction of sp³-hybridized carbons (Fsp3) is 0.0909. The molecule has 0 fully saturated rings. The molecule has 0 saturated carbocycles. The number of nitrogens with one attached hydrogen (secondary N) is 1. The van der Waals surface area contributed by atoms with Gasteiger partial charge in [-0.3, -0.25) is 9.10 Å². The van der Waals surface area contributed by atoms with Gasteiger partial charge in [-0.15, -0.1) is 0 Å². The first-order valence-electron chi connectivity index (χ1n) is 9.59. The quantitative estimate of drug-likeness (QED) is 0.352. The van der Waals surface area contributed by atoms with Crippen LogP contribution in [0.2, 0.25) is 5.02 Å². The Morgan fingerprint density at radius 2 is 1.82 bits per heavy atom. The van der Waals surface area contributed by atoms with Crippen molar-refractivity contribution in [3.8, 4) is 11.5 Å². The second kappa shape index (κ2) is 9.82. The number of hydrazone groups is 1. The molecule has 3 aromatic rings. The van der Waals surface area contributed by atoms with Crippen LogP contribution in [0.3, 0.4) is 0 Å². The zero-order valence-electron chi connectivity index (χ0n) is 16.9. The smallest absolute Gasteiger partial charge is 0.264 e. The van der Waals surface area contributed by atoms with Crippen LogP contribution in [-0.2, 0) is 14.8 Å². The van der Waals surface area contributed by atoms with E-state index in [2.05, 4.69) is 26.5 Å². The predicted molar refractivity (Wildman–Crippen MR) is 128 cm³/mol. The van der Waals surface area contributed by atoms with Crippen LogP contribution in [-0.4, -0.2) is 33.9 Å². The third-order valence-corrected chi connectivity index (χ3v) is 7.31. The number of benzene rings is 3. The van der Waals surface area contributed by atoms with Crippen LogP contribution in [0.4, 0.5) is 5.69 Å². The lowest BCUT2D eigenvalue weighted by Crippen LogP contribution is -2.39. The third kappa shape index (κ3) is 5.29. The van der Waals surface area contributed by atoms with Gasteiger partial charge in [-0.05, 0) is 58.4 Å². The van der Waals surface area contributed by atoms with E-state index in [-0.39, 0.29) is 17.4 Å². The Bertz CT molecular complexity index is 1320. The molecule has 3 aromatic carbocycles. The lowest BCUT2D eigenvalue weighted by Gasteiger charge is -2.23. The predicted octanol–water partition coefficient (Wildman–Crippen LogP) is 4.18. The Morgan fingerprint density at radius 3 is 2.55 bits per heavy atom. The van der Waals surface area contributed by atoms with Crippen molar-refractivity contribution in [1.29, 1.82) is 0 Å². The number of nitrogens with zero attached hydrogens (tertiary/aromatic N) is 2. The summed E-state index contributed by atoms with van der Waals surface area (Å²) in [5, 5.41) is 4.29. The van der Waals surface area contributed by atoms with Crippen LogP contribution in [0.1, 0.15) is 5.56 Å². The van der Waals surface area contributed by atoms with Crippen LogP contribution < -0.4 is 19.2 Å². The molecule has 1 heterocycles. The van der Waals surface area contributed by atoms with E-state index in [1.54, 1.807) is 48.5 Å². The van der Waals surface area contributed by atoms with Gasteiger partial charge in [0.1, 0.15) is 6.54 Å². The van der Waals surface area contributed by atoms with Gasteiger partial charge in [-0.25, -0.2) is 13.8 Å². The number of ether oxygens (including phenoxy) is 2. The standard InChI is InChI=1S/C22H17BrClN3O5S/c23-19-11-21-20(31-14-32-21)9-15(19)12-25-26-22(28)13-27(17-6-4-5-16(24)10-17)33(29,30)18-7-2-1-3-8-18/h1-12H,13-14H2,(H,26,28)/b25-12+. The number of rotatable bonds is 7. The first-order valence-corrected chi connectivity index (χ1v) is 12.2. The summed E-state index contributed by atoms with van der Waals surface area (Å²) in [6.07, 6.45) is 1.42. The SMILES string of the molecule is O=C(CN(c1cccc(Cl)c1)S(=O)(=O)c1ccccc1)N/N=C/c1cc2c(cc1Br)OCO2. The van der Waals surface area contributed by atoms with Crippen molar-refractivity contribution in [2.24, 2.45) is 5.10 Å². The average molecular weight is 551 g/mol. The highest BCUT2D eigenvalue weighted by atomic mass is 79.9. The fourth-order valence-corrected chi connectivity index (χ4v) is 5.08. The molecule has 33 heavy (non-hydrogen) atoms. The summed E-state index contributed by atoms with van der Waals surface area (Å²) in [7, 11) is -4.03. The van der Waals surface area contributed by atoms with Gasteiger partial charge in [0.2, 0.25) is 6.79 Å². The van der Waals surface area contributed by atoms with E-state index in [0.717, 1.165) is 4.31 Å². The van der Waals surface area contributed by atoms with Gasteiger partial charge in [0, 0.05) is 15.1 Å². The van der Waals surface area contributed by atoms with E-state index in [1.165, 1.54) is 24.4 Å². The zero-order valence-corrected chi connectivity index (χ0v) is 20.1. The fourth-order valence-electron chi connectivity index (χ4n) is 3.04. The molecule has 1 N–H and O–H groups in total. The van der Waals surface area contributed by atoms with Gasteiger partial charge in [0.05, 0.1) is 16.8 Å². The van der Waals surface area contributed by atoms with E-state index < -0.39 is 22.5 Å². The van der Waals surface area contributed by atoms with Gasteiger partial charge in [-0.1, -0.05) is 35.9 Å². The minimum atomic E-state index is -4.03. The number of carbonyl (C=O) groups is 1. The van der Waals surface area contributed by atoms with Crippen LogP contribution in [0.15, 0.2) is 81.2 Å². The van der Waals surface area contributed by atoms with Crippen molar-refractivity contribution in [2.45, 2.75) is 4.90 Å². The van der Waals surface area contributed by atoms with Crippen LogP contribution in [0.5, 0.6) is 11.5 Å². The summed E-state index contributed by atoms with van der Waals surface area (Å²) in [5.41, 5.74) is 3.26. The molecule has 0 aromatic heterocycles. The Balaban J connectivity index is 1.54. The Morgan fingerprint density at radius 1 is 1.09 bits per heavy atom. The van der Waals surface area contributed by atoms with Crippen LogP contribution in [0, 0.1) is 0 Å². The molecular weight excluding hydrogens is 534 g/mol. The van der Waals surface area contributed by atoms with Gasteiger partial charge < -0.3 is 9.47 Å². The molecule has 4 rings (SSSR count). The van der Waals surface area contributed by atoms with E-state index in [1.807, 2.05) is 0 Å². The molecule has 0 saturated heterocycles. The Kier molecular flexibility index (Phi) is 6.87. The molecule has 0 radical (unpaired) electrons. The number of hydrogen-bond donors (Lipinski definition) is 1. The summed E-state index contributed by atoms with van der Waals surface area (Å²) in [6.45, 7) is -0.369.